The number of carboxylic acid groups (broad SMARTS) is 2. The van der Waals surface area contributed by atoms with Crippen molar-refractivity contribution in [3.05, 3.63) is 0 Å². The van der Waals surface area contributed by atoms with Crippen molar-refractivity contribution in [3.63, 3.8) is 0 Å². The Labute approximate surface area is 77.3 Å². The maximum atomic E-state index is 9.76. The molecule has 0 radical (unpaired) electrons. The van der Waals surface area contributed by atoms with Crippen LogP contribution in [0.2, 0.25) is 0 Å². The molecule has 0 bridgehead atoms. The number of hydrogen-bond acceptors (Lipinski definition) is 5. The minimum absolute atomic E-state index is 0. The molecule has 1 unspecified atom stereocenters. The largest absolute Gasteiger partial charge is 2.00 e. The number of carbonyl (C=O) groups excluding carboxylic acids is 2. The van der Waals surface area contributed by atoms with Gasteiger partial charge in [0.15, 0.2) is 0 Å². The van der Waals surface area contributed by atoms with Crippen LogP contribution in [0.5, 0.6) is 0 Å². The monoisotopic (exact) mass is 343 g/mol. The zero-order valence-corrected chi connectivity index (χ0v) is 7.85. The molecule has 0 aliphatic carbocycles. The van der Waals surface area contributed by atoms with Gasteiger partial charge in [0.05, 0.1) is 5.97 Å². The van der Waals surface area contributed by atoms with Crippen molar-refractivity contribution >= 4 is 24.6 Å². The molecule has 0 aliphatic rings. The zero-order valence-electron chi connectivity index (χ0n) is 4.68. The van der Waals surface area contributed by atoms with E-state index in [0.717, 1.165) is 0 Å². The zero-order chi connectivity index (χ0) is 7.44. The second-order valence-corrected chi connectivity index (χ2v) is 2.03. The average molecular weight is 343 g/mol. The van der Waals surface area contributed by atoms with Crippen LogP contribution in [0.15, 0.2) is 0 Å². The maximum absolute atomic E-state index is 9.76. The topological polar surface area (TPSA) is 80.3 Å². The third-order valence-electron chi connectivity index (χ3n) is 0.632. The molecule has 1 atom stereocenters. The molecular weight excluding hydrogens is 339 g/mol. The molecule has 0 rings (SSSR count). The van der Waals surface area contributed by atoms with Gasteiger partial charge in [-0.25, -0.2) is 0 Å². The summed E-state index contributed by atoms with van der Waals surface area (Å²) in [5.74, 6) is -2.94. The first-order valence-electron chi connectivity index (χ1n) is 2.13. The van der Waals surface area contributed by atoms with E-state index < -0.39 is 23.6 Å². The molecule has 0 heterocycles. The Kier molecular flexibility index (Phi) is 7.25. The first-order valence-corrected chi connectivity index (χ1v) is 2.64. The Morgan fingerprint density at radius 1 is 1.40 bits per heavy atom. The molecule has 4 nitrogen and oxygen atoms in total. The summed E-state index contributed by atoms with van der Waals surface area (Å²) in [6.07, 6.45) is -0.620. The minimum Gasteiger partial charge on any atom is -0.550 e. The van der Waals surface area contributed by atoms with Crippen molar-refractivity contribution in [2.24, 2.45) is 0 Å². The summed E-state index contributed by atoms with van der Waals surface area (Å²) in [5.41, 5.74) is 0. The molecule has 0 spiro atoms. The minimum atomic E-state index is -1.50. The van der Waals surface area contributed by atoms with Gasteiger partial charge in [-0.15, -0.1) is 0 Å². The molecule has 60 valence electrons. The molecule has 0 saturated heterocycles. The average Bonchev–Trinajstić information content (AvgIpc) is 1.63. The van der Waals surface area contributed by atoms with Crippen molar-refractivity contribution < 1.29 is 40.9 Å². The van der Waals surface area contributed by atoms with Crippen molar-refractivity contribution in [1.82, 2.24) is 0 Å². The summed E-state index contributed by atoms with van der Waals surface area (Å²) in [4.78, 5) is 19.4. The molecule has 6 heteroatoms. The van der Waals surface area contributed by atoms with Gasteiger partial charge in [-0.2, -0.15) is 12.6 Å². The predicted octanol–water partition coefficient (Wildman–Crippen LogP) is -2.83. The molecule has 0 aromatic carbocycles. The number of rotatable bonds is 3. The van der Waals surface area contributed by atoms with E-state index in [0.29, 0.717) is 0 Å². The Morgan fingerprint density at radius 2 is 1.80 bits per heavy atom. The molecule has 10 heavy (non-hydrogen) atoms. The summed E-state index contributed by atoms with van der Waals surface area (Å²) in [5, 5.41) is 18.2. The van der Waals surface area contributed by atoms with E-state index in [-0.39, 0.29) is 21.1 Å². The SMILES string of the molecule is O=C([O-])CC(S)C(=O)[O-].[Pt+2]. The van der Waals surface area contributed by atoms with Gasteiger partial charge in [0, 0.05) is 17.6 Å². The second kappa shape index (κ2) is 5.74. The molecule has 0 N–H and O–H groups in total. The fourth-order valence-corrected chi connectivity index (χ4v) is 0.390. The third-order valence-corrected chi connectivity index (χ3v) is 1.03. The van der Waals surface area contributed by atoms with Crippen LogP contribution in [0.25, 0.3) is 0 Å². The van der Waals surface area contributed by atoms with Gasteiger partial charge in [-0.3, -0.25) is 0 Å². The Balaban J connectivity index is 0. The number of carboxylic acids is 2. The van der Waals surface area contributed by atoms with E-state index in [1.54, 1.807) is 0 Å². The van der Waals surface area contributed by atoms with E-state index in [1.165, 1.54) is 0 Å². The van der Waals surface area contributed by atoms with Gasteiger partial charge < -0.3 is 19.8 Å². The van der Waals surface area contributed by atoms with Gasteiger partial charge in [-0.1, -0.05) is 0 Å². The molecule has 0 aromatic heterocycles. The molecule has 0 fully saturated rings. The summed E-state index contributed by atoms with van der Waals surface area (Å²) in [6.45, 7) is 0. The van der Waals surface area contributed by atoms with Gasteiger partial charge in [-0.05, 0) is 0 Å². The van der Waals surface area contributed by atoms with Crippen molar-refractivity contribution in [1.29, 1.82) is 0 Å². The summed E-state index contributed by atoms with van der Waals surface area (Å²) in [7, 11) is 0. The summed E-state index contributed by atoms with van der Waals surface area (Å²) < 4.78 is 0. The van der Waals surface area contributed by atoms with Crippen molar-refractivity contribution in [2.75, 3.05) is 0 Å². The standard InChI is InChI=1S/C4H6O4S.Pt/c5-3(6)1-2(9)4(7)8;/h2,9H,1H2,(H,5,6)(H,7,8);/q;+2/p-2. The first-order chi connectivity index (χ1) is 4.04. The van der Waals surface area contributed by atoms with Crippen LogP contribution in [0.4, 0.5) is 0 Å². The number of aliphatic carboxylic acids is 2. The van der Waals surface area contributed by atoms with Crippen LogP contribution in [-0.2, 0) is 30.7 Å². The molecule has 0 saturated carbocycles. The van der Waals surface area contributed by atoms with Gasteiger partial charge in [0.1, 0.15) is 0 Å². The molecule has 0 aliphatic heterocycles. The first kappa shape index (κ1) is 12.6. The Bertz CT molecular complexity index is 137. The van der Waals surface area contributed by atoms with Crippen molar-refractivity contribution in [3.8, 4) is 0 Å². The quantitative estimate of drug-likeness (QED) is 0.561. The van der Waals surface area contributed by atoms with Crippen molar-refractivity contribution in [2.45, 2.75) is 11.7 Å². The normalized spacial score (nSPS) is 11.3. The molecule has 0 aromatic rings. The van der Waals surface area contributed by atoms with E-state index in [4.69, 9.17) is 0 Å². The number of thiol groups is 1. The van der Waals surface area contributed by atoms with E-state index in [1.807, 2.05) is 0 Å². The Hall–Kier alpha value is -0.0217. The van der Waals surface area contributed by atoms with E-state index in [9.17, 15) is 19.8 Å². The molecule has 0 amide bonds. The number of carbonyl (C=O) groups is 2. The third kappa shape index (κ3) is 6.10. The summed E-state index contributed by atoms with van der Waals surface area (Å²) in [6, 6.07) is 0. The van der Waals surface area contributed by atoms with Crippen LogP contribution in [-0.4, -0.2) is 17.2 Å². The smallest absolute Gasteiger partial charge is 0.550 e. The van der Waals surface area contributed by atoms with Gasteiger partial charge in [0.25, 0.3) is 0 Å². The fourth-order valence-electron chi connectivity index (χ4n) is 0.241. The second-order valence-electron chi connectivity index (χ2n) is 1.41. The van der Waals surface area contributed by atoms with E-state index in [2.05, 4.69) is 12.6 Å². The predicted molar refractivity (Wildman–Crippen MR) is 27.4 cm³/mol. The van der Waals surface area contributed by atoms with Crippen LogP contribution >= 0.6 is 12.6 Å². The van der Waals surface area contributed by atoms with Crippen LogP contribution in [0.1, 0.15) is 6.42 Å². The molecular formula is C4H4O4PtS. The van der Waals surface area contributed by atoms with Crippen LogP contribution in [0.3, 0.4) is 0 Å². The number of hydrogen-bond donors (Lipinski definition) is 1. The Morgan fingerprint density at radius 3 is 1.90 bits per heavy atom. The van der Waals surface area contributed by atoms with Gasteiger partial charge in [0.2, 0.25) is 0 Å². The van der Waals surface area contributed by atoms with Crippen LogP contribution < -0.4 is 10.2 Å². The fraction of sp³-hybridized carbons (Fsp3) is 0.500. The summed E-state index contributed by atoms with van der Waals surface area (Å²) >= 11 is 3.38. The van der Waals surface area contributed by atoms with E-state index >= 15 is 0 Å². The van der Waals surface area contributed by atoms with Crippen LogP contribution in [0, 0.1) is 0 Å². The van der Waals surface area contributed by atoms with Gasteiger partial charge >= 0.3 is 21.1 Å². The maximum Gasteiger partial charge on any atom is 2.00 e.